The predicted octanol–water partition coefficient (Wildman–Crippen LogP) is 2.22. The highest BCUT2D eigenvalue weighted by Gasteiger charge is 2.09. The van der Waals surface area contributed by atoms with Crippen LogP contribution in [0.2, 0.25) is 0 Å². The molecule has 0 aliphatic carbocycles. The number of nitrogens with one attached hydrogen (secondary N) is 1. The minimum absolute atomic E-state index is 0.820. The number of aromatic nitrogens is 2. The van der Waals surface area contributed by atoms with Crippen molar-refractivity contribution in [1.82, 2.24) is 14.9 Å². The third-order valence-corrected chi connectivity index (χ3v) is 3.17. The van der Waals surface area contributed by atoms with Gasteiger partial charge in [0.25, 0.3) is 0 Å². The van der Waals surface area contributed by atoms with Gasteiger partial charge in [0.15, 0.2) is 0 Å². The van der Waals surface area contributed by atoms with E-state index in [0.29, 0.717) is 0 Å². The van der Waals surface area contributed by atoms with E-state index in [9.17, 15) is 0 Å². The summed E-state index contributed by atoms with van der Waals surface area (Å²) in [7, 11) is 1.68. The lowest BCUT2D eigenvalue weighted by molar-refractivity contribution is 0.413. The van der Waals surface area contributed by atoms with Gasteiger partial charge in [-0.05, 0) is 38.1 Å². The van der Waals surface area contributed by atoms with E-state index in [0.717, 1.165) is 37.5 Å². The maximum Gasteiger partial charge on any atom is 0.140 e. The van der Waals surface area contributed by atoms with Crippen LogP contribution < -0.4 is 10.1 Å². The van der Waals surface area contributed by atoms with Gasteiger partial charge in [0.2, 0.25) is 0 Å². The molecule has 4 nitrogen and oxygen atoms in total. The number of likely N-dealkylation sites (N-methyl/N-ethyl adjacent to an activating group) is 1. The number of rotatable bonds is 6. The van der Waals surface area contributed by atoms with Gasteiger partial charge in [-0.25, -0.2) is 4.98 Å². The molecule has 18 heavy (non-hydrogen) atoms. The van der Waals surface area contributed by atoms with Crippen molar-refractivity contribution in [3.63, 3.8) is 0 Å². The average Bonchev–Trinajstić information content (AvgIpc) is 2.76. The van der Waals surface area contributed by atoms with Crippen LogP contribution in [0.5, 0.6) is 5.75 Å². The molecule has 0 radical (unpaired) electrons. The van der Waals surface area contributed by atoms with Gasteiger partial charge in [-0.3, -0.25) is 0 Å². The first kappa shape index (κ1) is 12.9. The number of ether oxygens (including phenoxy) is 1. The third-order valence-electron chi connectivity index (χ3n) is 3.17. The van der Waals surface area contributed by atoms with Crippen LogP contribution in [-0.2, 0) is 13.0 Å². The summed E-state index contributed by atoms with van der Waals surface area (Å²) in [5.41, 5.74) is 2.38. The highest BCUT2D eigenvalue weighted by atomic mass is 16.5. The molecule has 0 atom stereocenters. The summed E-state index contributed by atoms with van der Waals surface area (Å²) in [6.45, 7) is 7.21. The lowest BCUT2D eigenvalue weighted by atomic mass is 10.1. The number of hydrogen-bond acceptors (Lipinski definition) is 3. The lowest BCUT2D eigenvalue weighted by Crippen LogP contribution is -2.15. The Morgan fingerprint density at radius 3 is 2.89 bits per heavy atom. The molecule has 0 aliphatic heterocycles. The van der Waals surface area contributed by atoms with E-state index in [1.807, 2.05) is 0 Å². The molecule has 0 aliphatic rings. The van der Waals surface area contributed by atoms with Crippen molar-refractivity contribution in [2.24, 2.45) is 0 Å². The van der Waals surface area contributed by atoms with Crippen LogP contribution in [0.25, 0.3) is 11.0 Å². The lowest BCUT2D eigenvalue weighted by Gasteiger charge is -2.02. The van der Waals surface area contributed by atoms with Gasteiger partial charge in [0.1, 0.15) is 11.4 Å². The van der Waals surface area contributed by atoms with E-state index in [-0.39, 0.29) is 0 Å². The SMILES string of the molecule is CCNCCc1cn(CC)c2ncc(OC)cc12. The largest absolute Gasteiger partial charge is 0.495 e. The molecule has 1 N–H and O–H groups in total. The average molecular weight is 247 g/mol. The first-order valence-corrected chi connectivity index (χ1v) is 6.52. The highest BCUT2D eigenvalue weighted by molar-refractivity contribution is 5.81. The van der Waals surface area contributed by atoms with Gasteiger partial charge in [-0.15, -0.1) is 0 Å². The number of fused-ring (bicyclic) bond motifs is 1. The second kappa shape index (κ2) is 5.87. The van der Waals surface area contributed by atoms with Crippen molar-refractivity contribution >= 4 is 11.0 Å². The van der Waals surface area contributed by atoms with E-state index in [4.69, 9.17) is 4.74 Å². The molecular formula is C14H21N3O. The third kappa shape index (κ3) is 2.48. The summed E-state index contributed by atoms with van der Waals surface area (Å²) in [6, 6.07) is 2.08. The van der Waals surface area contributed by atoms with Gasteiger partial charge < -0.3 is 14.6 Å². The Labute approximate surface area is 108 Å². The molecule has 0 amide bonds. The Hall–Kier alpha value is -1.55. The molecule has 2 heterocycles. The molecule has 0 fully saturated rings. The summed E-state index contributed by atoms with van der Waals surface area (Å²) >= 11 is 0. The van der Waals surface area contributed by atoms with E-state index in [1.54, 1.807) is 13.3 Å². The van der Waals surface area contributed by atoms with E-state index in [1.165, 1.54) is 10.9 Å². The van der Waals surface area contributed by atoms with Crippen molar-refractivity contribution < 1.29 is 4.74 Å². The van der Waals surface area contributed by atoms with Crippen LogP contribution in [0.3, 0.4) is 0 Å². The van der Waals surface area contributed by atoms with Crippen LogP contribution in [0.1, 0.15) is 19.4 Å². The first-order chi connectivity index (χ1) is 8.80. The summed E-state index contributed by atoms with van der Waals surface area (Å²) in [4.78, 5) is 4.49. The zero-order valence-corrected chi connectivity index (χ0v) is 11.4. The van der Waals surface area contributed by atoms with Crippen molar-refractivity contribution in [1.29, 1.82) is 0 Å². The van der Waals surface area contributed by atoms with Crippen LogP contribution in [0.4, 0.5) is 0 Å². The van der Waals surface area contributed by atoms with Crippen molar-refractivity contribution in [2.75, 3.05) is 20.2 Å². The Morgan fingerprint density at radius 1 is 1.39 bits per heavy atom. The molecule has 0 saturated carbocycles. The van der Waals surface area contributed by atoms with E-state index < -0.39 is 0 Å². The quantitative estimate of drug-likeness (QED) is 0.796. The fourth-order valence-corrected chi connectivity index (χ4v) is 2.17. The standard InChI is InChI=1S/C14H21N3O/c1-4-15-7-6-11-10-17(5-2)14-13(11)8-12(18-3)9-16-14/h8-10,15H,4-7H2,1-3H3. The minimum atomic E-state index is 0.820. The predicted molar refractivity (Wildman–Crippen MR) is 74.2 cm³/mol. The maximum absolute atomic E-state index is 5.26. The summed E-state index contributed by atoms with van der Waals surface area (Å²) in [5.74, 6) is 0.820. The number of hydrogen-bond donors (Lipinski definition) is 1. The van der Waals surface area contributed by atoms with Gasteiger partial charge >= 0.3 is 0 Å². The smallest absolute Gasteiger partial charge is 0.140 e. The highest BCUT2D eigenvalue weighted by Crippen LogP contribution is 2.24. The van der Waals surface area contributed by atoms with Gasteiger partial charge in [0.05, 0.1) is 13.3 Å². The molecule has 0 saturated heterocycles. The van der Waals surface area contributed by atoms with Crippen molar-refractivity contribution in [3.8, 4) is 5.75 Å². The molecule has 2 aromatic heterocycles. The number of pyridine rings is 1. The fraction of sp³-hybridized carbons (Fsp3) is 0.500. The second-order valence-corrected chi connectivity index (χ2v) is 4.29. The second-order valence-electron chi connectivity index (χ2n) is 4.29. The monoisotopic (exact) mass is 247 g/mol. The van der Waals surface area contributed by atoms with Crippen LogP contribution in [0.15, 0.2) is 18.5 Å². The van der Waals surface area contributed by atoms with Crippen molar-refractivity contribution in [2.45, 2.75) is 26.8 Å². The Bertz CT molecular complexity index is 519. The number of nitrogens with zero attached hydrogens (tertiary/aromatic N) is 2. The van der Waals surface area contributed by atoms with E-state index in [2.05, 4.69) is 41.0 Å². The molecule has 2 rings (SSSR count). The zero-order valence-electron chi connectivity index (χ0n) is 11.4. The summed E-state index contributed by atoms with van der Waals surface area (Å²) in [6.07, 6.45) is 5.00. The van der Waals surface area contributed by atoms with Crippen LogP contribution >= 0.6 is 0 Å². The number of aryl methyl sites for hydroxylation is 1. The molecule has 2 aromatic rings. The van der Waals surface area contributed by atoms with Gasteiger partial charge in [-0.1, -0.05) is 6.92 Å². The van der Waals surface area contributed by atoms with Gasteiger partial charge in [0, 0.05) is 18.1 Å². The van der Waals surface area contributed by atoms with Gasteiger partial charge in [-0.2, -0.15) is 0 Å². The zero-order chi connectivity index (χ0) is 13.0. The Morgan fingerprint density at radius 2 is 2.22 bits per heavy atom. The molecule has 4 heteroatoms. The minimum Gasteiger partial charge on any atom is -0.495 e. The summed E-state index contributed by atoms with van der Waals surface area (Å²) < 4.78 is 7.45. The normalized spacial score (nSPS) is 11.1. The topological polar surface area (TPSA) is 39.1 Å². The molecule has 0 spiro atoms. The maximum atomic E-state index is 5.26. The first-order valence-electron chi connectivity index (χ1n) is 6.52. The van der Waals surface area contributed by atoms with Crippen molar-refractivity contribution in [3.05, 3.63) is 24.0 Å². The Kier molecular flexibility index (Phi) is 4.20. The molecule has 0 unspecified atom stereocenters. The Balaban J connectivity index is 2.37. The molecular weight excluding hydrogens is 226 g/mol. The van der Waals surface area contributed by atoms with Crippen LogP contribution in [-0.4, -0.2) is 29.8 Å². The fourth-order valence-electron chi connectivity index (χ4n) is 2.17. The summed E-state index contributed by atoms with van der Waals surface area (Å²) in [5, 5.41) is 4.56. The van der Waals surface area contributed by atoms with E-state index >= 15 is 0 Å². The molecule has 0 aromatic carbocycles. The van der Waals surface area contributed by atoms with Crippen LogP contribution in [0, 0.1) is 0 Å². The molecule has 0 bridgehead atoms. The molecule has 98 valence electrons. The number of methoxy groups -OCH3 is 1.